The van der Waals surface area contributed by atoms with Gasteiger partial charge in [0.1, 0.15) is 6.54 Å². The summed E-state index contributed by atoms with van der Waals surface area (Å²) in [4.78, 5) is 27.8. The summed E-state index contributed by atoms with van der Waals surface area (Å²) in [6, 6.07) is 9.31. The summed E-state index contributed by atoms with van der Waals surface area (Å²) in [5.74, 6) is -0.518. The molecule has 0 atom stereocenters. The zero-order chi connectivity index (χ0) is 12.7. The van der Waals surface area contributed by atoms with Crippen molar-refractivity contribution >= 4 is 11.8 Å². The van der Waals surface area contributed by atoms with Crippen molar-refractivity contribution in [2.24, 2.45) is 0 Å². The van der Waals surface area contributed by atoms with Gasteiger partial charge in [0.05, 0.1) is 13.5 Å². The van der Waals surface area contributed by atoms with Crippen molar-refractivity contribution in [3.8, 4) is 0 Å². The number of nitrogens with one attached hydrogen (secondary N) is 1. The lowest BCUT2D eigenvalue weighted by Gasteiger charge is -2.18. The summed E-state index contributed by atoms with van der Waals surface area (Å²) in [5, 5.41) is 3.48. The lowest BCUT2D eigenvalue weighted by molar-refractivity contribution is -0.178. The maximum atomic E-state index is 11.8. The molecule has 0 bridgehead atoms. The highest BCUT2D eigenvalue weighted by Gasteiger charge is 2.16. The smallest absolute Gasteiger partial charge is 0.251 e. The predicted octanol–water partition coefficient (Wildman–Crippen LogP) is 0.365. The first kappa shape index (κ1) is 13.2. The Morgan fingerprint density at radius 1 is 1.29 bits per heavy atom. The van der Waals surface area contributed by atoms with Crippen molar-refractivity contribution in [1.29, 1.82) is 0 Å². The summed E-state index contributed by atoms with van der Waals surface area (Å²) >= 11 is 0. The van der Waals surface area contributed by atoms with Gasteiger partial charge in [-0.25, -0.2) is 5.06 Å². The van der Waals surface area contributed by atoms with Crippen LogP contribution in [-0.2, 0) is 20.8 Å². The Labute approximate surface area is 100 Å². The number of hydroxylamine groups is 2. The SMILES string of the molecule is CNC(=O)CN(OC)C(=O)Cc1ccccc1. The molecule has 0 heterocycles. The van der Waals surface area contributed by atoms with Gasteiger partial charge in [-0.1, -0.05) is 30.3 Å². The van der Waals surface area contributed by atoms with Crippen molar-refractivity contribution in [1.82, 2.24) is 10.4 Å². The van der Waals surface area contributed by atoms with E-state index >= 15 is 0 Å². The third-order valence-corrected chi connectivity index (χ3v) is 2.26. The molecule has 0 aliphatic heterocycles. The van der Waals surface area contributed by atoms with E-state index in [1.54, 1.807) is 0 Å². The summed E-state index contributed by atoms with van der Waals surface area (Å²) in [5.41, 5.74) is 0.886. The lowest BCUT2D eigenvalue weighted by atomic mass is 10.1. The molecule has 0 spiro atoms. The van der Waals surface area contributed by atoms with Gasteiger partial charge in [0.25, 0.3) is 5.91 Å². The fourth-order valence-electron chi connectivity index (χ4n) is 1.32. The molecule has 0 aliphatic carbocycles. The van der Waals surface area contributed by atoms with Crippen molar-refractivity contribution in [3.63, 3.8) is 0 Å². The molecule has 1 aromatic carbocycles. The lowest BCUT2D eigenvalue weighted by Crippen LogP contribution is -2.39. The number of carbonyl (C=O) groups excluding carboxylic acids is 2. The van der Waals surface area contributed by atoms with Gasteiger partial charge in [-0.3, -0.25) is 14.4 Å². The van der Waals surface area contributed by atoms with E-state index in [1.807, 2.05) is 30.3 Å². The van der Waals surface area contributed by atoms with Crippen LogP contribution in [0.15, 0.2) is 30.3 Å². The second-order valence-electron chi connectivity index (χ2n) is 3.45. The zero-order valence-electron chi connectivity index (χ0n) is 9.97. The number of benzene rings is 1. The van der Waals surface area contributed by atoms with Crippen molar-refractivity contribution < 1.29 is 14.4 Å². The van der Waals surface area contributed by atoms with E-state index in [9.17, 15) is 9.59 Å². The van der Waals surface area contributed by atoms with E-state index in [2.05, 4.69) is 5.32 Å². The number of nitrogens with zero attached hydrogens (tertiary/aromatic N) is 1. The Balaban J connectivity index is 2.58. The number of hydrogen-bond donors (Lipinski definition) is 1. The van der Waals surface area contributed by atoms with Crippen LogP contribution in [-0.4, -0.2) is 37.6 Å². The summed E-state index contributed by atoms with van der Waals surface area (Å²) in [6.45, 7) is -0.0985. The molecule has 1 N–H and O–H groups in total. The Hall–Kier alpha value is -1.88. The molecule has 2 amide bonds. The maximum Gasteiger partial charge on any atom is 0.251 e. The van der Waals surface area contributed by atoms with Gasteiger partial charge < -0.3 is 5.32 Å². The molecule has 17 heavy (non-hydrogen) atoms. The van der Waals surface area contributed by atoms with Crippen LogP contribution in [0.4, 0.5) is 0 Å². The Kier molecular flexibility index (Phi) is 5.16. The zero-order valence-corrected chi connectivity index (χ0v) is 9.97. The second kappa shape index (κ2) is 6.65. The molecule has 0 unspecified atom stereocenters. The molecule has 5 nitrogen and oxygen atoms in total. The quantitative estimate of drug-likeness (QED) is 0.751. The van der Waals surface area contributed by atoms with Crippen LogP contribution < -0.4 is 5.32 Å². The molecule has 0 fully saturated rings. The van der Waals surface area contributed by atoms with Crippen molar-refractivity contribution in [2.75, 3.05) is 20.7 Å². The number of likely N-dealkylation sites (N-methyl/N-ethyl adjacent to an activating group) is 1. The third-order valence-electron chi connectivity index (χ3n) is 2.26. The van der Waals surface area contributed by atoms with Crippen LogP contribution in [0.1, 0.15) is 5.56 Å². The third kappa shape index (κ3) is 4.24. The van der Waals surface area contributed by atoms with Gasteiger partial charge in [-0.05, 0) is 5.56 Å². The normalized spacial score (nSPS) is 9.76. The second-order valence-corrected chi connectivity index (χ2v) is 3.45. The first-order chi connectivity index (χ1) is 8.17. The first-order valence-corrected chi connectivity index (χ1v) is 5.26. The average molecular weight is 236 g/mol. The van der Waals surface area contributed by atoms with Crippen LogP contribution >= 0.6 is 0 Å². The van der Waals surface area contributed by atoms with E-state index in [0.717, 1.165) is 10.6 Å². The van der Waals surface area contributed by atoms with E-state index in [4.69, 9.17) is 4.84 Å². The molecule has 1 aromatic rings. The van der Waals surface area contributed by atoms with Crippen LogP contribution in [0, 0.1) is 0 Å². The monoisotopic (exact) mass is 236 g/mol. The fraction of sp³-hybridized carbons (Fsp3) is 0.333. The van der Waals surface area contributed by atoms with Gasteiger partial charge >= 0.3 is 0 Å². The largest absolute Gasteiger partial charge is 0.358 e. The van der Waals surface area contributed by atoms with Crippen LogP contribution in [0.25, 0.3) is 0 Å². The topological polar surface area (TPSA) is 58.6 Å². The first-order valence-electron chi connectivity index (χ1n) is 5.26. The number of rotatable bonds is 5. The molecule has 1 rings (SSSR count). The summed E-state index contributed by atoms with van der Waals surface area (Å²) < 4.78 is 0. The van der Waals surface area contributed by atoms with Gasteiger partial charge in [-0.2, -0.15) is 0 Å². The minimum Gasteiger partial charge on any atom is -0.358 e. The highest BCUT2D eigenvalue weighted by atomic mass is 16.7. The molecule has 0 saturated heterocycles. The highest BCUT2D eigenvalue weighted by molar-refractivity contribution is 5.84. The molecule has 0 aliphatic rings. The van der Waals surface area contributed by atoms with Gasteiger partial charge in [0.15, 0.2) is 0 Å². The van der Waals surface area contributed by atoms with E-state index in [-0.39, 0.29) is 24.8 Å². The Morgan fingerprint density at radius 3 is 2.47 bits per heavy atom. The van der Waals surface area contributed by atoms with Gasteiger partial charge in [-0.15, -0.1) is 0 Å². The van der Waals surface area contributed by atoms with E-state index in [0.29, 0.717) is 0 Å². The summed E-state index contributed by atoms with van der Waals surface area (Å²) in [6.07, 6.45) is 0.214. The molecule has 0 saturated carbocycles. The molecule has 0 aromatic heterocycles. The number of hydrogen-bond acceptors (Lipinski definition) is 3. The Morgan fingerprint density at radius 2 is 1.94 bits per heavy atom. The van der Waals surface area contributed by atoms with Crippen LogP contribution in [0.2, 0.25) is 0 Å². The predicted molar refractivity (Wildman–Crippen MR) is 62.9 cm³/mol. The van der Waals surface area contributed by atoms with E-state index < -0.39 is 0 Å². The molecule has 5 heteroatoms. The van der Waals surface area contributed by atoms with Crippen LogP contribution in [0.3, 0.4) is 0 Å². The number of amides is 2. The minimum atomic E-state index is -0.270. The van der Waals surface area contributed by atoms with Gasteiger partial charge in [0, 0.05) is 7.05 Å². The molecular weight excluding hydrogens is 220 g/mol. The molecular formula is C12H16N2O3. The highest BCUT2D eigenvalue weighted by Crippen LogP contribution is 2.03. The van der Waals surface area contributed by atoms with Crippen molar-refractivity contribution in [2.45, 2.75) is 6.42 Å². The van der Waals surface area contributed by atoms with Crippen LogP contribution in [0.5, 0.6) is 0 Å². The fourth-order valence-corrected chi connectivity index (χ4v) is 1.32. The van der Waals surface area contributed by atoms with E-state index in [1.165, 1.54) is 14.2 Å². The Bertz CT molecular complexity index is 379. The molecule has 92 valence electrons. The number of carbonyl (C=O) groups is 2. The standard InChI is InChI=1S/C12H16N2O3/c1-13-11(15)9-14(17-2)12(16)8-10-6-4-3-5-7-10/h3-7H,8-9H2,1-2H3,(H,13,15). The summed E-state index contributed by atoms with van der Waals surface area (Å²) in [7, 11) is 2.88. The van der Waals surface area contributed by atoms with Crippen molar-refractivity contribution in [3.05, 3.63) is 35.9 Å². The van der Waals surface area contributed by atoms with Gasteiger partial charge in [0.2, 0.25) is 5.91 Å². The molecule has 0 radical (unpaired) electrons. The average Bonchev–Trinajstić information content (AvgIpc) is 2.36. The minimum absolute atomic E-state index is 0.0985. The maximum absolute atomic E-state index is 11.8.